The topological polar surface area (TPSA) is 227 Å². The summed E-state index contributed by atoms with van der Waals surface area (Å²) in [4.78, 5) is 106. The fraction of sp³-hybridized carbons (Fsp3) is 0.415. The highest BCUT2D eigenvalue weighted by Gasteiger charge is 2.33. The highest BCUT2D eigenvalue weighted by molar-refractivity contribution is 5.98. The molecule has 5 saturated heterocycles. The SMILES string of the molecule is O=C(O)CN(CC(=O)N1CCC(Cc2ccccc2)CC1)c1ccccc1N(CC(=O)O)CC(=O)N1CCC(Cc2ccccc2)CC1.O=C1CN(c2ccccc2N2CC(=O)OC(=O)C2)CC(=O)O1.[2H]CF.c1ccc(CC2CCNCC2)cc1. The Balaban J connectivity index is 0.000000225. The maximum atomic E-state index is 13.5. The molecule has 3 N–H and O–H groups in total. The zero-order valence-corrected chi connectivity index (χ0v) is 48.0. The fourth-order valence-electron chi connectivity index (χ4n) is 11.5. The number of hydrogen-bond donors (Lipinski definition) is 3. The van der Waals surface area contributed by atoms with Gasteiger partial charge in [0.2, 0.25) is 11.8 Å². The summed E-state index contributed by atoms with van der Waals surface area (Å²) in [7, 11) is -1.00. The predicted octanol–water partition coefficient (Wildman–Crippen LogP) is 6.71. The van der Waals surface area contributed by atoms with Crippen LogP contribution in [0, 0.1) is 17.8 Å². The molecule has 0 aromatic heterocycles. The molecule has 85 heavy (non-hydrogen) atoms. The van der Waals surface area contributed by atoms with E-state index in [0.717, 1.165) is 44.4 Å². The van der Waals surface area contributed by atoms with Crippen LogP contribution in [-0.4, -0.2) is 166 Å². The number of piperidine rings is 3. The van der Waals surface area contributed by atoms with E-state index in [1.807, 2.05) is 36.4 Å². The van der Waals surface area contributed by atoms with Crippen LogP contribution in [-0.2, 0) is 67.1 Å². The van der Waals surface area contributed by atoms with Gasteiger partial charge in [-0.05, 0) is 130 Å². The van der Waals surface area contributed by atoms with Crippen molar-refractivity contribution < 1.29 is 63.8 Å². The monoisotopic (exact) mass is 1170 g/mol. The Labute approximate surface area is 497 Å². The third-order valence-corrected chi connectivity index (χ3v) is 15.7. The average molecular weight is 1170 g/mol. The van der Waals surface area contributed by atoms with Gasteiger partial charge in [-0.3, -0.25) is 23.6 Å². The second kappa shape index (κ2) is 33.0. The Hall–Kier alpha value is -8.65. The number of halogens is 1. The molecule has 5 aromatic rings. The van der Waals surface area contributed by atoms with Crippen molar-refractivity contribution in [2.75, 3.05) is 118 Å². The number of likely N-dealkylation sites (tertiary alicyclic amines) is 2. The van der Waals surface area contributed by atoms with Gasteiger partial charge in [-0.25, -0.2) is 19.2 Å². The summed E-state index contributed by atoms with van der Waals surface area (Å²) in [5.74, 6) is -3.28. The number of carboxylic acids is 2. The van der Waals surface area contributed by atoms with Crippen molar-refractivity contribution in [3.05, 3.63) is 156 Å². The number of aliphatic carboxylic acids is 2. The average Bonchev–Trinajstić information content (AvgIpc) is 1.93. The van der Waals surface area contributed by atoms with Gasteiger partial charge >= 0.3 is 35.8 Å². The van der Waals surface area contributed by atoms with E-state index in [9.17, 15) is 53.0 Å². The van der Waals surface area contributed by atoms with Crippen LogP contribution >= 0.6 is 0 Å². The smallest absolute Gasteiger partial charge is 0.333 e. The Morgan fingerprint density at radius 2 is 0.776 bits per heavy atom. The first-order chi connectivity index (χ1) is 41.6. The van der Waals surface area contributed by atoms with Crippen molar-refractivity contribution >= 4 is 70.4 Å². The molecule has 0 unspecified atom stereocenters. The fourth-order valence-corrected chi connectivity index (χ4v) is 11.5. The van der Waals surface area contributed by atoms with Gasteiger partial charge in [0.25, 0.3) is 0 Å². The number of alkyl halides is 1. The van der Waals surface area contributed by atoms with E-state index >= 15 is 0 Å². The third kappa shape index (κ3) is 20.3. The Morgan fingerprint density at radius 3 is 1.09 bits per heavy atom. The van der Waals surface area contributed by atoms with Gasteiger partial charge in [0.1, 0.15) is 39.3 Å². The molecule has 0 spiro atoms. The molecule has 5 aliphatic rings. The van der Waals surface area contributed by atoms with Crippen LogP contribution in [0.2, 0.25) is 0 Å². The number of cyclic esters (lactones) is 4. The molecular formula is C65H78FN7O12. The number of hydrogen-bond acceptors (Lipinski definition) is 15. The molecule has 19 nitrogen and oxygen atoms in total. The van der Waals surface area contributed by atoms with Gasteiger partial charge in [-0.15, -0.1) is 0 Å². The van der Waals surface area contributed by atoms with E-state index < -0.39 is 56.1 Å². The van der Waals surface area contributed by atoms with Crippen molar-refractivity contribution in [1.29, 1.82) is 0 Å². The number of morpholine rings is 2. The molecule has 0 saturated carbocycles. The Bertz CT molecular complexity index is 2810. The lowest BCUT2D eigenvalue weighted by molar-refractivity contribution is -0.162. The van der Waals surface area contributed by atoms with E-state index in [2.05, 4.69) is 69.4 Å². The number of esters is 4. The maximum Gasteiger partial charge on any atom is 0.333 e. The molecule has 5 aromatic carbocycles. The summed E-state index contributed by atoms with van der Waals surface area (Å²) in [6, 6.07) is 45.2. The van der Waals surface area contributed by atoms with Gasteiger partial charge < -0.3 is 54.4 Å². The van der Waals surface area contributed by atoms with Gasteiger partial charge in [0.05, 0.1) is 44.4 Å². The molecule has 0 atom stereocenters. The van der Waals surface area contributed by atoms with Crippen molar-refractivity contribution in [2.24, 2.45) is 17.8 Å². The lowest BCUT2D eigenvalue weighted by Crippen LogP contribution is -2.47. The van der Waals surface area contributed by atoms with Crippen molar-refractivity contribution in [3.8, 4) is 0 Å². The van der Waals surface area contributed by atoms with E-state index in [4.69, 9.17) is 1.37 Å². The molecule has 20 heteroatoms. The Kier molecular flexibility index (Phi) is 24.2. The molecule has 0 aliphatic carbocycles. The molecule has 5 aliphatic heterocycles. The van der Waals surface area contributed by atoms with Crippen LogP contribution in [0.1, 0.15) is 56.6 Å². The minimum absolute atomic E-state index is 0.0744. The number of anilines is 4. The molecular weight excluding hydrogens is 1090 g/mol. The van der Waals surface area contributed by atoms with Crippen molar-refractivity contribution in [1.82, 2.24) is 15.1 Å². The number of ether oxygens (including phenoxy) is 2. The quantitative estimate of drug-likeness (QED) is 0.0612. The lowest BCUT2D eigenvalue weighted by Gasteiger charge is -2.36. The number of para-hydroxylation sites is 4. The number of benzene rings is 5. The summed E-state index contributed by atoms with van der Waals surface area (Å²) >= 11 is 0. The lowest BCUT2D eigenvalue weighted by atomic mass is 9.90. The second-order valence-corrected chi connectivity index (χ2v) is 21.8. The predicted molar refractivity (Wildman–Crippen MR) is 321 cm³/mol. The van der Waals surface area contributed by atoms with Crippen LogP contribution in [0.15, 0.2) is 140 Å². The molecule has 452 valence electrons. The standard InChI is InChI=1S/C38H46N4O6.C14H12N2O6.C12H17N.CH3F/c43-35(39-19-15-31(16-20-39)23-29-9-3-1-4-10-29)25-41(27-37(45)46)33-13-7-8-14-34(33)42(28-38(47)48)26-36(44)40-21-17-32(18-22-40)24-30-11-5-2-6-12-30;17-11-5-15(6-12(18)21-11)9-3-1-2-4-10(9)16-7-13(19)22-14(20)8-16;1-2-4-11(5-3-1)10-12-6-8-13-9-7-12;1-2/h1-14,31-32H,15-28H2,(H,45,46)(H,47,48);1-4H,5-8H2;1-5,12-13H,6-10H2;1H3/i;;;1D. The van der Waals surface area contributed by atoms with E-state index in [0.29, 0.717) is 60.8 Å². The van der Waals surface area contributed by atoms with Crippen LogP contribution in [0.25, 0.3) is 0 Å². The first kappa shape index (κ1) is 62.4. The first-order valence-corrected chi connectivity index (χ1v) is 29.0. The normalized spacial score (nSPS) is 16.8. The van der Waals surface area contributed by atoms with Gasteiger partial charge in [0, 0.05) is 26.2 Å². The van der Waals surface area contributed by atoms with Crippen LogP contribution in [0.4, 0.5) is 27.1 Å². The minimum atomic E-state index is -1.11. The summed E-state index contributed by atoms with van der Waals surface area (Å²) < 4.78 is 24.5. The zero-order valence-electron chi connectivity index (χ0n) is 49.0. The minimum Gasteiger partial charge on any atom is -0.480 e. The summed E-state index contributed by atoms with van der Waals surface area (Å²) in [6.07, 6.45) is 9.35. The second-order valence-electron chi connectivity index (χ2n) is 21.8. The molecule has 0 bridgehead atoms. The Morgan fingerprint density at radius 1 is 0.482 bits per heavy atom. The van der Waals surface area contributed by atoms with Gasteiger partial charge in [-0.1, -0.05) is 115 Å². The number of carbonyl (C=O) groups excluding carboxylic acids is 6. The molecule has 10 rings (SSSR count). The zero-order chi connectivity index (χ0) is 61.2. The summed E-state index contributed by atoms with van der Waals surface area (Å²) in [5, 5.41) is 23.0. The third-order valence-electron chi connectivity index (χ3n) is 15.7. The molecule has 0 radical (unpaired) electrons. The van der Waals surface area contributed by atoms with Crippen molar-refractivity contribution in [3.63, 3.8) is 0 Å². The maximum absolute atomic E-state index is 13.5. The number of nitrogens with one attached hydrogen (secondary N) is 1. The van der Waals surface area contributed by atoms with Crippen LogP contribution in [0.3, 0.4) is 0 Å². The number of amides is 2. The summed E-state index contributed by atoms with van der Waals surface area (Å²) in [5.41, 5.74) is 6.02. The van der Waals surface area contributed by atoms with Gasteiger partial charge in [0.15, 0.2) is 0 Å². The summed E-state index contributed by atoms with van der Waals surface area (Å²) in [6.45, 7) is 3.27. The number of carbonyl (C=O) groups is 8. The van der Waals surface area contributed by atoms with E-state index in [-0.39, 0.29) is 51.1 Å². The first-order valence-electron chi connectivity index (χ1n) is 29.7. The van der Waals surface area contributed by atoms with Gasteiger partial charge in [-0.2, -0.15) is 0 Å². The molecule has 5 fully saturated rings. The highest BCUT2D eigenvalue weighted by atomic mass is 19.1. The van der Waals surface area contributed by atoms with E-state index in [1.54, 1.807) is 68.1 Å². The van der Waals surface area contributed by atoms with Crippen molar-refractivity contribution in [2.45, 2.75) is 57.8 Å². The number of nitrogens with zero attached hydrogens (tertiary/aromatic N) is 6. The number of rotatable bonds is 18. The van der Waals surface area contributed by atoms with Crippen LogP contribution < -0.4 is 24.9 Å². The highest BCUT2D eigenvalue weighted by Crippen LogP contribution is 2.33. The molecule has 2 amide bonds. The van der Waals surface area contributed by atoms with Crippen LogP contribution in [0.5, 0.6) is 0 Å². The largest absolute Gasteiger partial charge is 0.480 e. The molecule has 5 heterocycles. The van der Waals surface area contributed by atoms with E-state index in [1.165, 1.54) is 58.8 Å². The number of carboxylic acid groups (broad SMARTS) is 2.